The number of carbonyl (C=O) groups excluding carboxylic acids is 3. The summed E-state index contributed by atoms with van der Waals surface area (Å²) in [6.45, 7) is 1.71. The van der Waals surface area contributed by atoms with Gasteiger partial charge < -0.3 is 16.0 Å². The normalized spacial score (nSPS) is 15.4. The van der Waals surface area contributed by atoms with Crippen molar-refractivity contribution >= 4 is 68.4 Å². The second-order valence-electron chi connectivity index (χ2n) is 6.22. The second-order valence-corrected chi connectivity index (χ2v) is 8.82. The molecule has 0 unspecified atom stereocenters. The molecule has 0 saturated carbocycles. The van der Waals surface area contributed by atoms with E-state index in [1.165, 1.54) is 11.8 Å². The molecule has 9 heteroatoms. The molecular weight excluding hydrogens is 466 g/mol. The summed E-state index contributed by atoms with van der Waals surface area (Å²) >= 11 is 10.6. The topological polar surface area (TPSA) is 87.3 Å². The summed E-state index contributed by atoms with van der Waals surface area (Å²) in [5.41, 5.74) is 2.23. The Morgan fingerprint density at radius 1 is 1.21 bits per heavy atom. The van der Waals surface area contributed by atoms with Crippen LogP contribution in [0, 0.1) is 6.92 Å². The Bertz CT molecular complexity index is 954. The number of amides is 3. The molecule has 0 saturated heterocycles. The Hall–Kier alpha value is -2.03. The number of benzene rings is 2. The SMILES string of the molecule is Cc1cc(Br)ccc1NC(=O)CNC(=O)C[C@@H]1Sc2ccc(Cl)cc2NC1=O. The third-order valence-corrected chi connectivity index (χ3v) is 6.04. The zero-order valence-corrected chi connectivity index (χ0v) is 18.0. The van der Waals surface area contributed by atoms with Crippen LogP contribution in [0.1, 0.15) is 12.0 Å². The molecule has 2 aromatic carbocycles. The van der Waals surface area contributed by atoms with Gasteiger partial charge in [0.2, 0.25) is 17.7 Å². The molecular formula is C19H17BrClN3O3S. The number of thioether (sulfide) groups is 1. The first-order valence-electron chi connectivity index (χ1n) is 8.41. The molecule has 3 rings (SSSR count). The zero-order valence-electron chi connectivity index (χ0n) is 14.8. The lowest BCUT2D eigenvalue weighted by atomic mass is 10.2. The van der Waals surface area contributed by atoms with Gasteiger partial charge in [-0.1, -0.05) is 27.5 Å². The van der Waals surface area contributed by atoms with Crippen molar-refractivity contribution < 1.29 is 14.4 Å². The van der Waals surface area contributed by atoms with Gasteiger partial charge in [0.15, 0.2) is 0 Å². The average molecular weight is 483 g/mol. The van der Waals surface area contributed by atoms with Gasteiger partial charge >= 0.3 is 0 Å². The van der Waals surface area contributed by atoms with Crippen molar-refractivity contribution in [2.24, 2.45) is 0 Å². The van der Waals surface area contributed by atoms with Crippen molar-refractivity contribution in [3.05, 3.63) is 51.5 Å². The smallest absolute Gasteiger partial charge is 0.243 e. The van der Waals surface area contributed by atoms with E-state index < -0.39 is 5.25 Å². The first-order valence-corrected chi connectivity index (χ1v) is 10.5. The first kappa shape index (κ1) is 20.7. The molecule has 1 aliphatic heterocycles. The number of hydrogen-bond acceptors (Lipinski definition) is 4. The van der Waals surface area contributed by atoms with Crippen LogP contribution in [-0.2, 0) is 14.4 Å². The van der Waals surface area contributed by atoms with Crippen LogP contribution < -0.4 is 16.0 Å². The summed E-state index contributed by atoms with van der Waals surface area (Å²) in [4.78, 5) is 37.3. The minimum absolute atomic E-state index is 0.0246. The number of halogens is 2. The molecule has 28 heavy (non-hydrogen) atoms. The fourth-order valence-corrected chi connectivity index (χ4v) is 4.38. The highest BCUT2D eigenvalue weighted by Crippen LogP contribution is 2.38. The van der Waals surface area contributed by atoms with Crippen LogP contribution in [0.25, 0.3) is 0 Å². The predicted molar refractivity (Wildman–Crippen MR) is 115 cm³/mol. The van der Waals surface area contributed by atoms with Gasteiger partial charge in [0, 0.05) is 26.5 Å². The number of aryl methyl sites for hydroxylation is 1. The maximum Gasteiger partial charge on any atom is 0.243 e. The van der Waals surface area contributed by atoms with Gasteiger partial charge in [-0.3, -0.25) is 14.4 Å². The average Bonchev–Trinajstić information content (AvgIpc) is 2.63. The maximum atomic E-state index is 12.2. The third-order valence-electron chi connectivity index (χ3n) is 4.04. The summed E-state index contributed by atoms with van der Waals surface area (Å²) in [5, 5.41) is 8.03. The second kappa shape index (κ2) is 8.98. The van der Waals surface area contributed by atoms with Crippen molar-refractivity contribution in [2.75, 3.05) is 17.2 Å². The Labute approximate surface area is 179 Å². The Balaban J connectivity index is 1.51. The number of rotatable bonds is 5. The fraction of sp³-hybridized carbons (Fsp3) is 0.211. The molecule has 1 atom stereocenters. The highest BCUT2D eigenvalue weighted by molar-refractivity contribution is 9.10. The Kier molecular flexibility index (Phi) is 6.64. The molecule has 1 aliphatic rings. The molecule has 0 radical (unpaired) electrons. The summed E-state index contributed by atoms with van der Waals surface area (Å²) in [6.07, 6.45) is -0.0246. The number of carbonyl (C=O) groups is 3. The van der Waals surface area contributed by atoms with Gasteiger partial charge in [-0.2, -0.15) is 0 Å². The van der Waals surface area contributed by atoms with E-state index in [1.807, 2.05) is 19.1 Å². The van der Waals surface area contributed by atoms with Crippen LogP contribution in [0.15, 0.2) is 45.8 Å². The zero-order chi connectivity index (χ0) is 20.3. The first-order chi connectivity index (χ1) is 13.3. The van der Waals surface area contributed by atoms with E-state index in [0.717, 1.165) is 14.9 Å². The van der Waals surface area contributed by atoms with Gasteiger partial charge in [0.1, 0.15) is 0 Å². The molecule has 0 bridgehead atoms. The van der Waals surface area contributed by atoms with Crippen LogP contribution in [0.3, 0.4) is 0 Å². The number of hydrogen-bond donors (Lipinski definition) is 3. The van der Waals surface area contributed by atoms with Gasteiger partial charge in [-0.05, 0) is 48.9 Å². The van der Waals surface area contributed by atoms with Gasteiger partial charge in [0.25, 0.3) is 0 Å². The summed E-state index contributed by atoms with van der Waals surface area (Å²) in [7, 11) is 0. The molecule has 0 spiro atoms. The van der Waals surface area contributed by atoms with Crippen LogP contribution in [0.2, 0.25) is 5.02 Å². The number of anilines is 2. The molecule has 146 valence electrons. The number of fused-ring (bicyclic) bond motifs is 1. The van der Waals surface area contributed by atoms with E-state index in [1.54, 1.807) is 24.3 Å². The minimum Gasteiger partial charge on any atom is -0.347 e. The van der Waals surface area contributed by atoms with Crippen molar-refractivity contribution in [3.8, 4) is 0 Å². The molecule has 6 nitrogen and oxygen atoms in total. The van der Waals surface area contributed by atoms with E-state index in [9.17, 15) is 14.4 Å². The fourth-order valence-electron chi connectivity index (χ4n) is 2.64. The Morgan fingerprint density at radius 3 is 2.75 bits per heavy atom. The minimum atomic E-state index is -0.564. The van der Waals surface area contributed by atoms with Crippen LogP contribution in [0.4, 0.5) is 11.4 Å². The van der Waals surface area contributed by atoms with Gasteiger partial charge in [-0.15, -0.1) is 11.8 Å². The third kappa shape index (κ3) is 5.27. The summed E-state index contributed by atoms with van der Waals surface area (Å²) in [5.74, 6) is -0.961. The molecule has 0 aliphatic carbocycles. The van der Waals surface area contributed by atoms with Crippen LogP contribution in [-0.4, -0.2) is 29.5 Å². The van der Waals surface area contributed by atoms with Crippen molar-refractivity contribution in [2.45, 2.75) is 23.5 Å². The lowest BCUT2D eigenvalue weighted by molar-refractivity contribution is -0.125. The van der Waals surface area contributed by atoms with Crippen molar-refractivity contribution in [1.29, 1.82) is 0 Å². The van der Waals surface area contributed by atoms with E-state index in [-0.39, 0.29) is 30.7 Å². The van der Waals surface area contributed by atoms with Gasteiger partial charge in [0.05, 0.1) is 17.5 Å². The predicted octanol–water partition coefficient (Wildman–Crippen LogP) is 3.97. The van der Waals surface area contributed by atoms with Crippen LogP contribution >= 0.6 is 39.3 Å². The van der Waals surface area contributed by atoms with Gasteiger partial charge in [-0.25, -0.2) is 0 Å². The van der Waals surface area contributed by atoms with E-state index in [2.05, 4.69) is 31.9 Å². The molecule has 3 N–H and O–H groups in total. The Morgan fingerprint density at radius 2 is 2.00 bits per heavy atom. The van der Waals surface area contributed by atoms with Crippen molar-refractivity contribution in [3.63, 3.8) is 0 Å². The number of nitrogens with one attached hydrogen (secondary N) is 3. The molecule has 0 aromatic heterocycles. The molecule has 1 heterocycles. The monoisotopic (exact) mass is 481 g/mol. The standard InChI is InChI=1S/C19H17BrClN3O3S/c1-10-6-11(20)2-4-13(10)23-18(26)9-22-17(25)8-16-19(27)24-14-7-12(21)3-5-15(14)28-16/h2-7,16H,8-9H2,1H3,(H,22,25)(H,23,26)(H,24,27)/t16-/m0/s1. The molecule has 2 aromatic rings. The highest BCUT2D eigenvalue weighted by atomic mass is 79.9. The highest BCUT2D eigenvalue weighted by Gasteiger charge is 2.29. The summed E-state index contributed by atoms with van der Waals surface area (Å²) < 4.78 is 0.920. The van der Waals surface area contributed by atoms with Crippen molar-refractivity contribution in [1.82, 2.24) is 5.32 Å². The van der Waals surface area contributed by atoms with E-state index in [0.29, 0.717) is 16.4 Å². The van der Waals surface area contributed by atoms with E-state index >= 15 is 0 Å². The van der Waals surface area contributed by atoms with Crippen LogP contribution in [0.5, 0.6) is 0 Å². The quantitative estimate of drug-likeness (QED) is 0.602. The van der Waals surface area contributed by atoms with E-state index in [4.69, 9.17) is 11.6 Å². The molecule has 3 amide bonds. The lowest BCUT2D eigenvalue weighted by Gasteiger charge is -2.23. The summed E-state index contributed by atoms with van der Waals surface area (Å²) in [6, 6.07) is 10.7. The lowest BCUT2D eigenvalue weighted by Crippen LogP contribution is -2.37. The maximum absolute atomic E-state index is 12.2. The largest absolute Gasteiger partial charge is 0.347 e. The molecule has 0 fully saturated rings.